The Kier molecular flexibility index (Phi) is 1.74. The molecule has 6 unspecified atom stereocenters. The number of H-pyrrole nitrogens is 1. The summed E-state index contributed by atoms with van der Waals surface area (Å²) < 4.78 is 43.2. The Morgan fingerprint density at radius 2 is 2.05 bits per heavy atom. The number of rotatable bonds is 2. The van der Waals surface area contributed by atoms with Crippen molar-refractivity contribution in [2.75, 3.05) is 7.11 Å². The maximum Gasteiger partial charge on any atom is 0.432 e. The summed E-state index contributed by atoms with van der Waals surface area (Å²) in [7, 11) is 1.40. The number of nitrogens with one attached hydrogen (secondary N) is 1. The van der Waals surface area contributed by atoms with Crippen LogP contribution in [0, 0.1) is 34.5 Å². The maximum absolute atomic E-state index is 12.8. The van der Waals surface area contributed by atoms with Crippen molar-refractivity contribution in [1.82, 2.24) is 9.97 Å². The van der Waals surface area contributed by atoms with Gasteiger partial charge in [-0.1, -0.05) is 13.8 Å². The van der Waals surface area contributed by atoms with Crippen LogP contribution in [0.25, 0.3) is 0 Å². The van der Waals surface area contributed by atoms with Gasteiger partial charge >= 0.3 is 12.1 Å². The van der Waals surface area contributed by atoms with Crippen molar-refractivity contribution in [3.8, 4) is 0 Å². The molecular weight excluding hydrogens is 297 g/mol. The fourth-order valence-electron chi connectivity index (χ4n) is 6.96. The van der Waals surface area contributed by atoms with Gasteiger partial charge in [-0.3, -0.25) is 4.79 Å². The molecule has 4 fully saturated rings. The first-order chi connectivity index (χ1) is 10.2. The Balaban J connectivity index is 1.49. The molecule has 0 radical (unpaired) electrons. The van der Waals surface area contributed by atoms with Crippen molar-refractivity contribution in [2.24, 2.45) is 34.5 Å². The number of nitrogens with zero attached hydrogens (tertiary/aromatic N) is 1. The van der Waals surface area contributed by atoms with Crippen molar-refractivity contribution in [2.45, 2.75) is 25.4 Å². The molecule has 5 rings (SSSR count). The minimum absolute atomic E-state index is 0.0133. The van der Waals surface area contributed by atoms with Gasteiger partial charge in [-0.05, 0) is 29.1 Å². The summed E-state index contributed by atoms with van der Waals surface area (Å²) in [6, 6.07) is 0. The summed E-state index contributed by atoms with van der Waals surface area (Å²) in [6.45, 7) is 4.00. The fraction of sp³-hybridized carbons (Fsp3) is 0.733. The molecule has 0 amide bonds. The highest BCUT2D eigenvalue weighted by Crippen LogP contribution is 3.14. The van der Waals surface area contributed by atoms with Gasteiger partial charge in [-0.2, -0.15) is 13.2 Å². The molecule has 0 saturated heterocycles. The lowest BCUT2D eigenvalue weighted by Crippen LogP contribution is -2.71. The number of hydrogen-bond acceptors (Lipinski definition) is 3. The summed E-state index contributed by atoms with van der Waals surface area (Å²) in [6.07, 6.45) is -3.53. The van der Waals surface area contributed by atoms with Crippen LogP contribution in [0.1, 0.15) is 25.4 Å². The first-order valence-electron chi connectivity index (χ1n) is 7.42. The van der Waals surface area contributed by atoms with E-state index in [1.54, 1.807) is 0 Å². The van der Waals surface area contributed by atoms with Crippen molar-refractivity contribution in [3.05, 3.63) is 17.7 Å². The van der Waals surface area contributed by atoms with Gasteiger partial charge in [-0.25, -0.2) is 4.98 Å². The SMILES string of the molecule is COC(=O)C12C(C)[C@@H]3C(C)(c4ncc(C(F)(F)F)[nH]4)C4C1C432. The number of hydrogen-bond donors (Lipinski definition) is 1. The molecule has 118 valence electrons. The Hall–Kier alpha value is -1.53. The van der Waals surface area contributed by atoms with Gasteiger partial charge in [-0.15, -0.1) is 0 Å². The van der Waals surface area contributed by atoms with Gasteiger partial charge < -0.3 is 9.72 Å². The molecule has 1 aromatic rings. The number of fused-ring (bicyclic) bond motifs is 2. The van der Waals surface area contributed by atoms with Crippen LogP contribution in [0.3, 0.4) is 0 Å². The molecule has 4 aliphatic carbocycles. The molecule has 0 bridgehead atoms. The van der Waals surface area contributed by atoms with E-state index >= 15 is 0 Å². The van der Waals surface area contributed by atoms with Crippen LogP contribution in [-0.4, -0.2) is 23.0 Å². The van der Waals surface area contributed by atoms with Crippen LogP contribution in [-0.2, 0) is 21.1 Å². The average Bonchev–Trinajstić information content (AvgIpc) is 3.09. The van der Waals surface area contributed by atoms with Crippen LogP contribution in [0.2, 0.25) is 0 Å². The number of aromatic amines is 1. The second-order valence-corrected chi connectivity index (χ2v) is 7.44. The number of aromatic nitrogens is 2. The second-order valence-electron chi connectivity index (χ2n) is 7.44. The standard InChI is InChI=1S/C15H15F3N2O2/c1-5-7-12(2,10-19-4-6(20-10)15(16,17)18)8-9-13(5,11(21)22-3)14(7,8)9/h4-5,7-9H,1-3H3,(H,19,20)/t5?,7-,8?,9?,12?,13?,14?/m1/s1. The Morgan fingerprint density at radius 3 is 2.50 bits per heavy atom. The summed E-state index contributed by atoms with van der Waals surface area (Å²) in [5, 5.41) is 0. The van der Waals surface area contributed by atoms with Gasteiger partial charge in [0.2, 0.25) is 0 Å². The highest BCUT2D eigenvalue weighted by atomic mass is 19.4. The van der Waals surface area contributed by atoms with Crippen molar-refractivity contribution in [3.63, 3.8) is 0 Å². The smallest absolute Gasteiger partial charge is 0.432 e. The van der Waals surface area contributed by atoms with Crippen molar-refractivity contribution >= 4 is 5.97 Å². The number of alkyl halides is 3. The van der Waals surface area contributed by atoms with E-state index in [2.05, 4.69) is 9.97 Å². The lowest BCUT2D eigenvalue weighted by molar-refractivity contribution is -0.219. The number of halogens is 3. The molecule has 4 saturated carbocycles. The van der Waals surface area contributed by atoms with E-state index in [9.17, 15) is 18.0 Å². The zero-order valence-corrected chi connectivity index (χ0v) is 12.3. The normalized spacial score (nSPS) is 52.8. The van der Waals surface area contributed by atoms with E-state index in [0.717, 1.165) is 6.20 Å². The second kappa shape index (κ2) is 2.95. The zero-order chi connectivity index (χ0) is 15.9. The van der Waals surface area contributed by atoms with E-state index < -0.39 is 11.9 Å². The number of methoxy groups -OCH3 is 1. The molecular formula is C15H15F3N2O2. The Labute approximate surface area is 124 Å². The number of imidazole rings is 1. The highest BCUT2D eigenvalue weighted by Gasteiger charge is 3.17. The Morgan fingerprint density at radius 1 is 1.36 bits per heavy atom. The number of esters is 1. The van der Waals surface area contributed by atoms with Crippen LogP contribution in [0.5, 0.6) is 0 Å². The van der Waals surface area contributed by atoms with Gasteiger partial charge in [0.05, 0.1) is 18.7 Å². The minimum atomic E-state index is -4.41. The zero-order valence-electron chi connectivity index (χ0n) is 12.3. The van der Waals surface area contributed by atoms with Crippen molar-refractivity contribution in [1.29, 1.82) is 0 Å². The topological polar surface area (TPSA) is 55.0 Å². The van der Waals surface area contributed by atoms with E-state index in [-0.39, 0.29) is 45.9 Å². The summed E-state index contributed by atoms with van der Waals surface area (Å²) in [5.74, 6) is 1.18. The quantitative estimate of drug-likeness (QED) is 0.853. The molecule has 7 heteroatoms. The molecule has 0 aliphatic heterocycles. The summed E-state index contributed by atoms with van der Waals surface area (Å²) >= 11 is 0. The van der Waals surface area contributed by atoms with Gasteiger partial charge in [0.15, 0.2) is 0 Å². The average molecular weight is 312 g/mol. The molecule has 1 N–H and O–H groups in total. The third-order valence-electron chi connectivity index (χ3n) is 7.32. The largest absolute Gasteiger partial charge is 0.469 e. The van der Waals surface area contributed by atoms with E-state index in [1.165, 1.54) is 7.11 Å². The van der Waals surface area contributed by atoms with Gasteiger partial charge in [0.25, 0.3) is 0 Å². The van der Waals surface area contributed by atoms with Crippen LogP contribution in [0.4, 0.5) is 13.2 Å². The van der Waals surface area contributed by atoms with E-state index in [4.69, 9.17) is 4.74 Å². The molecule has 1 heterocycles. The molecule has 4 aliphatic rings. The molecule has 1 spiro atoms. The third kappa shape index (κ3) is 0.829. The predicted molar refractivity (Wildman–Crippen MR) is 67.5 cm³/mol. The third-order valence-corrected chi connectivity index (χ3v) is 7.32. The number of ether oxygens (including phenoxy) is 1. The summed E-state index contributed by atoms with van der Waals surface area (Å²) in [4.78, 5) is 18.5. The predicted octanol–water partition coefficient (Wildman–Crippen LogP) is 2.37. The number of carbonyl (C=O) groups excluding carboxylic acids is 1. The number of carbonyl (C=O) groups is 1. The highest BCUT2D eigenvalue weighted by molar-refractivity contribution is 5.93. The van der Waals surface area contributed by atoms with E-state index in [0.29, 0.717) is 5.82 Å². The van der Waals surface area contributed by atoms with Crippen LogP contribution in [0.15, 0.2) is 6.20 Å². The van der Waals surface area contributed by atoms with Gasteiger partial charge in [0.1, 0.15) is 11.5 Å². The fourth-order valence-corrected chi connectivity index (χ4v) is 6.96. The lowest BCUT2D eigenvalue weighted by Gasteiger charge is -2.68. The van der Waals surface area contributed by atoms with Crippen LogP contribution >= 0.6 is 0 Å². The van der Waals surface area contributed by atoms with Gasteiger partial charge in [0, 0.05) is 5.41 Å². The molecule has 7 atom stereocenters. The molecule has 4 nitrogen and oxygen atoms in total. The maximum atomic E-state index is 12.8. The van der Waals surface area contributed by atoms with E-state index in [1.807, 2.05) is 13.8 Å². The van der Waals surface area contributed by atoms with Crippen molar-refractivity contribution < 1.29 is 22.7 Å². The lowest BCUT2D eigenvalue weighted by atomic mass is 9.34. The first kappa shape index (κ1) is 13.0. The van der Waals surface area contributed by atoms with Crippen LogP contribution < -0.4 is 0 Å². The molecule has 1 aromatic heterocycles. The molecule has 0 aromatic carbocycles. The minimum Gasteiger partial charge on any atom is -0.469 e. The summed E-state index contributed by atoms with van der Waals surface area (Å²) in [5.41, 5.74) is -1.50. The monoisotopic (exact) mass is 312 g/mol. The first-order valence-corrected chi connectivity index (χ1v) is 7.42. The molecule has 22 heavy (non-hydrogen) atoms. The Bertz CT molecular complexity index is 739.